The van der Waals surface area contributed by atoms with Gasteiger partial charge in [-0.25, -0.2) is 4.39 Å². The van der Waals surface area contributed by atoms with E-state index in [0.717, 1.165) is 34.0 Å². The van der Waals surface area contributed by atoms with Gasteiger partial charge in [0.1, 0.15) is 5.82 Å². The summed E-state index contributed by atoms with van der Waals surface area (Å²) in [5.74, 6) is -0.159. The van der Waals surface area contributed by atoms with Crippen molar-refractivity contribution in [1.82, 2.24) is 0 Å². The van der Waals surface area contributed by atoms with Crippen LogP contribution in [0.2, 0.25) is 0 Å². The molecule has 0 heterocycles. The third kappa shape index (κ3) is 2.58. The van der Waals surface area contributed by atoms with Crippen molar-refractivity contribution in [2.45, 2.75) is 25.6 Å². The highest BCUT2D eigenvalue weighted by Gasteiger charge is 2.28. The summed E-state index contributed by atoms with van der Waals surface area (Å²) in [5.41, 5.74) is 2.90. The molecule has 0 fully saturated rings. The van der Waals surface area contributed by atoms with Crippen LogP contribution in [0.15, 0.2) is 46.9 Å². The smallest absolute Gasteiger partial charge is 0.129 e. The van der Waals surface area contributed by atoms with Gasteiger partial charge in [-0.3, -0.25) is 0 Å². The molecule has 2 aromatic carbocycles. The van der Waals surface area contributed by atoms with Crippen LogP contribution in [0.3, 0.4) is 0 Å². The highest BCUT2D eigenvalue weighted by molar-refractivity contribution is 9.10. The first-order valence-electron chi connectivity index (χ1n) is 6.38. The van der Waals surface area contributed by atoms with Crippen molar-refractivity contribution in [3.8, 4) is 0 Å². The number of ether oxygens (including phenoxy) is 1. The van der Waals surface area contributed by atoms with E-state index in [1.807, 2.05) is 30.3 Å². The zero-order valence-corrected chi connectivity index (χ0v) is 12.0. The zero-order chi connectivity index (χ0) is 13.2. The normalized spacial score (nSPS) is 17.5. The monoisotopic (exact) mass is 320 g/mol. The van der Waals surface area contributed by atoms with Crippen molar-refractivity contribution >= 4 is 15.9 Å². The fourth-order valence-electron chi connectivity index (χ4n) is 2.57. The van der Waals surface area contributed by atoms with Crippen LogP contribution < -0.4 is 0 Å². The summed E-state index contributed by atoms with van der Waals surface area (Å²) in [6, 6.07) is 13.3. The largest absolute Gasteiger partial charge is 0.369 e. The molecule has 1 atom stereocenters. The lowest BCUT2D eigenvalue weighted by Gasteiger charge is -2.14. The van der Waals surface area contributed by atoms with Crippen molar-refractivity contribution in [3.05, 3.63) is 69.4 Å². The number of hydrogen-bond acceptors (Lipinski definition) is 1. The highest BCUT2D eigenvalue weighted by atomic mass is 79.9. The molecule has 0 saturated carbocycles. The summed E-state index contributed by atoms with van der Waals surface area (Å²) < 4.78 is 20.8. The Morgan fingerprint density at radius 2 is 1.95 bits per heavy atom. The number of hydrogen-bond donors (Lipinski definition) is 0. The topological polar surface area (TPSA) is 9.23 Å². The Morgan fingerprint density at radius 3 is 2.74 bits per heavy atom. The van der Waals surface area contributed by atoms with Crippen molar-refractivity contribution in [1.29, 1.82) is 0 Å². The van der Waals surface area contributed by atoms with E-state index in [4.69, 9.17) is 4.74 Å². The summed E-state index contributed by atoms with van der Waals surface area (Å²) in [5, 5.41) is 0. The first-order chi connectivity index (χ1) is 9.25. The molecule has 0 aliphatic heterocycles. The molecule has 0 aromatic heterocycles. The van der Waals surface area contributed by atoms with Crippen LogP contribution in [0, 0.1) is 5.82 Å². The van der Waals surface area contributed by atoms with Crippen LogP contribution in [0.5, 0.6) is 0 Å². The number of benzene rings is 2. The summed E-state index contributed by atoms with van der Waals surface area (Å²) in [7, 11) is 0. The summed E-state index contributed by atoms with van der Waals surface area (Å²) in [6.45, 7) is 0.525. The van der Waals surface area contributed by atoms with E-state index >= 15 is 0 Å². The molecule has 3 rings (SSSR count). The van der Waals surface area contributed by atoms with E-state index in [0.29, 0.717) is 6.61 Å². The van der Waals surface area contributed by atoms with Gasteiger partial charge in [0.25, 0.3) is 0 Å². The van der Waals surface area contributed by atoms with Gasteiger partial charge in [0.05, 0.1) is 12.7 Å². The maximum absolute atomic E-state index is 13.9. The second kappa shape index (κ2) is 5.43. The minimum absolute atomic E-state index is 0.132. The van der Waals surface area contributed by atoms with Crippen LogP contribution >= 0.6 is 15.9 Å². The predicted molar refractivity (Wildman–Crippen MR) is 76.4 cm³/mol. The van der Waals surface area contributed by atoms with Gasteiger partial charge in [-0.05, 0) is 36.1 Å². The fraction of sp³-hybridized carbons (Fsp3) is 0.250. The summed E-state index contributed by atoms with van der Waals surface area (Å²) >= 11 is 3.48. The molecule has 0 N–H and O–H groups in total. The third-order valence-corrected chi connectivity index (χ3v) is 4.26. The van der Waals surface area contributed by atoms with Crippen molar-refractivity contribution < 1.29 is 9.13 Å². The van der Waals surface area contributed by atoms with Crippen molar-refractivity contribution in [3.63, 3.8) is 0 Å². The van der Waals surface area contributed by atoms with E-state index in [1.165, 1.54) is 6.07 Å². The van der Waals surface area contributed by atoms with E-state index in [1.54, 1.807) is 6.07 Å². The molecule has 3 heteroatoms. The van der Waals surface area contributed by atoms with Gasteiger partial charge < -0.3 is 4.74 Å². The average Bonchev–Trinajstić information content (AvgIpc) is 2.87. The Balaban J connectivity index is 1.78. The molecule has 1 unspecified atom stereocenters. The molecule has 0 spiro atoms. The molecule has 0 bridgehead atoms. The molecule has 0 radical (unpaired) electrons. The van der Waals surface area contributed by atoms with Crippen LogP contribution in [0.25, 0.3) is 0 Å². The zero-order valence-electron chi connectivity index (χ0n) is 10.4. The molecule has 1 nitrogen and oxygen atoms in total. The van der Waals surface area contributed by atoms with Gasteiger partial charge in [-0.2, -0.15) is 0 Å². The highest BCUT2D eigenvalue weighted by Crippen LogP contribution is 2.39. The first kappa shape index (κ1) is 12.8. The lowest BCUT2D eigenvalue weighted by molar-refractivity contribution is 0.0390. The standard InChI is InChI=1S/C16H14BrFO/c17-13-7-8-14(18)16-12(13)6-9-15(16)19-10-11-4-2-1-3-5-11/h1-5,7-8,15H,6,9-10H2. The van der Waals surface area contributed by atoms with Gasteiger partial charge in [-0.15, -0.1) is 0 Å². The average molecular weight is 321 g/mol. The molecule has 1 aliphatic carbocycles. The lowest BCUT2D eigenvalue weighted by atomic mass is 10.1. The number of halogens is 2. The molecule has 1 aliphatic rings. The van der Waals surface area contributed by atoms with Gasteiger partial charge in [0, 0.05) is 10.0 Å². The van der Waals surface area contributed by atoms with E-state index in [-0.39, 0.29) is 11.9 Å². The van der Waals surface area contributed by atoms with Crippen LogP contribution in [0.4, 0.5) is 4.39 Å². The minimum atomic E-state index is -0.159. The van der Waals surface area contributed by atoms with Crippen LogP contribution in [0.1, 0.15) is 29.2 Å². The Bertz CT molecular complexity index is 583. The van der Waals surface area contributed by atoms with E-state index in [9.17, 15) is 4.39 Å². The van der Waals surface area contributed by atoms with Gasteiger partial charge in [-0.1, -0.05) is 46.3 Å². The van der Waals surface area contributed by atoms with E-state index in [2.05, 4.69) is 15.9 Å². The Kier molecular flexibility index (Phi) is 3.67. The lowest BCUT2D eigenvalue weighted by Crippen LogP contribution is -2.03. The number of rotatable bonds is 3. The maximum atomic E-state index is 13.9. The van der Waals surface area contributed by atoms with Crippen molar-refractivity contribution in [2.24, 2.45) is 0 Å². The van der Waals surface area contributed by atoms with E-state index < -0.39 is 0 Å². The molecule has 98 valence electrons. The van der Waals surface area contributed by atoms with Gasteiger partial charge in [0.2, 0.25) is 0 Å². The quantitative estimate of drug-likeness (QED) is 0.789. The minimum Gasteiger partial charge on any atom is -0.369 e. The SMILES string of the molecule is Fc1ccc(Br)c2c1C(OCc1ccccc1)CC2. The molecular formula is C16H14BrFO. The third-order valence-electron chi connectivity index (χ3n) is 3.52. The van der Waals surface area contributed by atoms with Gasteiger partial charge >= 0.3 is 0 Å². The fourth-order valence-corrected chi connectivity index (χ4v) is 3.11. The van der Waals surface area contributed by atoms with Crippen LogP contribution in [-0.2, 0) is 17.8 Å². The number of fused-ring (bicyclic) bond motifs is 1. The Labute approximate surface area is 120 Å². The summed E-state index contributed by atoms with van der Waals surface area (Å²) in [6.07, 6.45) is 1.59. The van der Waals surface area contributed by atoms with Crippen molar-refractivity contribution in [2.75, 3.05) is 0 Å². The predicted octanol–water partition coefficient (Wildman–Crippen LogP) is 4.79. The molecular weight excluding hydrogens is 307 g/mol. The molecule has 2 aromatic rings. The second-order valence-electron chi connectivity index (χ2n) is 4.75. The van der Waals surface area contributed by atoms with Crippen LogP contribution in [-0.4, -0.2) is 0 Å². The molecule has 0 amide bonds. The molecule has 0 saturated heterocycles. The maximum Gasteiger partial charge on any atom is 0.129 e. The first-order valence-corrected chi connectivity index (χ1v) is 7.17. The summed E-state index contributed by atoms with van der Waals surface area (Å²) in [4.78, 5) is 0. The van der Waals surface area contributed by atoms with Gasteiger partial charge in [0.15, 0.2) is 0 Å². The second-order valence-corrected chi connectivity index (χ2v) is 5.60. The Morgan fingerprint density at radius 1 is 1.16 bits per heavy atom. The molecule has 19 heavy (non-hydrogen) atoms. The Hall–Kier alpha value is -1.19.